The Kier molecular flexibility index (Phi) is 4.63. The summed E-state index contributed by atoms with van der Waals surface area (Å²) in [4.78, 5) is 34.4. The van der Waals surface area contributed by atoms with E-state index in [1.807, 2.05) is 17.9 Å². The Balaban J connectivity index is 1.68. The first kappa shape index (κ1) is 18.5. The molecule has 0 radical (unpaired) electrons. The molecule has 148 valence electrons. The molecular formula is C20H20N6O3. The van der Waals surface area contributed by atoms with E-state index in [1.165, 1.54) is 0 Å². The molecule has 0 atom stereocenters. The summed E-state index contributed by atoms with van der Waals surface area (Å²) in [6, 6.07) is 8.54. The Hall–Kier alpha value is -3.88. The van der Waals surface area contributed by atoms with E-state index in [4.69, 9.17) is 10.8 Å². The molecule has 0 unspecified atom stereocenters. The molecule has 2 aromatic heterocycles. The van der Waals surface area contributed by atoms with E-state index in [2.05, 4.69) is 15.3 Å². The van der Waals surface area contributed by atoms with E-state index < -0.39 is 6.09 Å². The molecule has 0 saturated heterocycles. The van der Waals surface area contributed by atoms with Gasteiger partial charge in [-0.1, -0.05) is 0 Å². The van der Waals surface area contributed by atoms with Crippen LogP contribution in [0.5, 0.6) is 0 Å². The highest BCUT2D eigenvalue weighted by Gasteiger charge is 2.22. The molecule has 4 N–H and O–H groups in total. The second-order valence-electron chi connectivity index (χ2n) is 6.87. The monoisotopic (exact) mass is 392 g/mol. The molecule has 0 saturated carbocycles. The fraction of sp³-hybridized carbons (Fsp3) is 0.200. The lowest BCUT2D eigenvalue weighted by Crippen LogP contribution is -2.37. The van der Waals surface area contributed by atoms with Crippen molar-refractivity contribution in [2.45, 2.75) is 19.9 Å². The summed E-state index contributed by atoms with van der Waals surface area (Å²) in [5.41, 5.74) is 10.0. The van der Waals surface area contributed by atoms with Crippen LogP contribution in [0.3, 0.4) is 0 Å². The van der Waals surface area contributed by atoms with Crippen LogP contribution in [0.4, 0.5) is 22.1 Å². The van der Waals surface area contributed by atoms with Crippen LogP contribution in [0.1, 0.15) is 16.8 Å². The van der Waals surface area contributed by atoms with Crippen LogP contribution in [0, 0.1) is 6.92 Å². The van der Waals surface area contributed by atoms with Crippen molar-refractivity contribution in [3.05, 3.63) is 69.9 Å². The zero-order chi connectivity index (χ0) is 20.5. The number of amides is 1. The van der Waals surface area contributed by atoms with Gasteiger partial charge in [-0.3, -0.25) is 14.7 Å². The number of pyridine rings is 1. The maximum absolute atomic E-state index is 13.3. The summed E-state index contributed by atoms with van der Waals surface area (Å²) >= 11 is 0. The maximum Gasteiger partial charge on any atom is 0.409 e. The number of hydrogen-bond acceptors (Lipinski definition) is 6. The number of hydrogen-bond donors (Lipinski definition) is 3. The highest BCUT2D eigenvalue weighted by molar-refractivity contribution is 5.82. The average Bonchev–Trinajstić information content (AvgIpc) is 2.68. The largest absolute Gasteiger partial charge is 0.465 e. The lowest BCUT2D eigenvalue weighted by Gasteiger charge is -2.30. The number of nitrogens with two attached hydrogens (primary N) is 1. The van der Waals surface area contributed by atoms with Crippen molar-refractivity contribution in [3.63, 3.8) is 0 Å². The molecule has 1 aromatic carbocycles. The van der Waals surface area contributed by atoms with Crippen molar-refractivity contribution in [1.29, 1.82) is 0 Å². The number of carboxylic acid groups (broad SMARTS) is 1. The van der Waals surface area contributed by atoms with Gasteiger partial charge in [0.25, 0.3) is 5.56 Å². The molecule has 1 aliphatic rings. The summed E-state index contributed by atoms with van der Waals surface area (Å²) in [6.45, 7) is 3.11. The minimum absolute atomic E-state index is 0.135. The zero-order valence-electron chi connectivity index (χ0n) is 15.8. The number of carbonyl (C=O) groups is 1. The average molecular weight is 392 g/mol. The van der Waals surface area contributed by atoms with Crippen molar-refractivity contribution in [1.82, 2.24) is 14.5 Å². The molecule has 1 aliphatic heterocycles. The SMILES string of the molecule is Cc1ccn(-c2ccc(NC(=O)O)cc2)c(=O)c1N1CCc2nc(N)ncc2C1. The fourth-order valence-electron chi connectivity index (χ4n) is 3.56. The van der Waals surface area contributed by atoms with Crippen LogP contribution in [-0.2, 0) is 13.0 Å². The number of aromatic nitrogens is 3. The van der Waals surface area contributed by atoms with Gasteiger partial charge >= 0.3 is 6.09 Å². The van der Waals surface area contributed by atoms with Crippen molar-refractivity contribution in [3.8, 4) is 5.69 Å². The van der Waals surface area contributed by atoms with Gasteiger partial charge in [-0.25, -0.2) is 14.8 Å². The number of fused-ring (bicyclic) bond motifs is 1. The normalized spacial score (nSPS) is 13.1. The Bertz CT molecular complexity index is 1140. The van der Waals surface area contributed by atoms with Crippen LogP contribution >= 0.6 is 0 Å². The summed E-state index contributed by atoms with van der Waals surface area (Å²) in [7, 11) is 0. The van der Waals surface area contributed by atoms with Crippen LogP contribution in [-0.4, -0.2) is 32.3 Å². The van der Waals surface area contributed by atoms with Crippen molar-refractivity contribution in [2.75, 3.05) is 22.5 Å². The van der Waals surface area contributed by atoms with E-state index >= 15 is 0 Å². The summed E-state index contributed by atoms with van der Waals surface area (Å²) in [5, 5.41) is 11.1. The van der Waals surface area contributed by atoms with Gasteiger partial charge in [0.2, 0.25) is 5.95 Å². The van der Waals surface area contributed by atoms with Gasteiger partial charge in [-0.15, -0.1) is 0 Å². The fourth-order valence-corrected chi connectivity index (χ4v) is 3.56. The van der Waals surface area contributed by atoms with Gasteiger partial charge in [-0.2, -0.15) is 0 Å². The summed E-state index contributed by atoms with van der Waals surface area (Å²) in [5.74, 6) is 0.260. The molecule has 0 spiro atoms. The Labute approximate surface area is 166 Å². The van der Waals surface area contributed by atoms with Gasteiger partial charge in [0.1, 0.15) is 5.69 Å². The second-order valence-corrected chi connectivity index (χ2v) is 6.87. The highest BCUT2D eigenvalue weighted by Crippen LogP contribution is 2.24. The minimum atomic E-state index is -1.14. The molecule has 9 nitrogen and oxygen atoms in total. The number of rotatable bonds is 3. The smallest absolute Gasteiger partial charge is 0.409 e. The van der Waals surface area contributed by atoms with Crippen LogP contribution in [0.15, 0.2) is 47.5 Å². The third-order valence-electron chi connectivity index (χ3n) is 4.93. The van der Waals surface area contributed by atoms with E-state index in [0.717, 1.165) is 16.8 Å². The Morgan fingerprint density at radius 1 is 1.24 bits per heavy atom. The van der Waals surface area contributed by atoms with Crippen molar-refractivity contribution < 1.29 is 9.90 Å². The summed E-state index contributed by atoms with van der Waals surface area (Å²) in [6.07, 6.45) is 2.99. The number of anilines is 3. The quantitative estimate of drug-likeness (QED) is 0.623. The molecule has 4 rings (SSSR count). The predicted octanol–water partition coefficient (Wildman–Crippen LogP) is 2.17. The minimum Gasteiger partial charge on any atom is -0.465 e. The Morgan fingerprint density at radius 3 is 2.72 bits per heavy atom. The van der Waals surface area contributed by atoms with E-state index in [-0.39, 0.29) is 11.5 Å². The van der Waals surface area contributed by atoms with E-state index in [0.29, 0.717) is 36.6 Å². The van der Waals surface area contributed by atoms with E-state index in [1.54, 1.807) is 41.2 Å². The van der Waals surface area contributed by atoms with Crippen molar-refractivity contribution >= 4 is 23.4 Å². The van der Waals surface area contributed by atoms with Gasteiger partial charge < -0.3 is 15.7 Å². The number of nitrogen functional groups attached to an aromatic ring is 1. The third-order valence-corrected chi connectivity index (χ3v) is 4.93. The molecule has 1 amide bonds. The van der Waals surface area contributed by atoms with E-state index in [9.17, 15) is 9.59 Å². The first-order chi connectivity index (χ1) is 13.9. The number of nitrogens with one attached hydrogen (secondary N) is 1. The van der Waals surface area contributed by atoms with Crippen molar-refractivity contribution in [2.24, 2.45) is 0 Å². The standard InChI is InChI=1S/C20H20N6O3/c1-12-6-9-26(15-4-2-14(3-5-15)23-20(28)29)18(27)17(12)25-8-7-16-13(11-25)10-22-19(21)24-16/h2-6,9-10,23H,7-8,11H2,1H3,(H,28,29)(H2,21,22,24). The van der Waals surface area contributed by atoms with Gasteiger partial charge in [0.05, 0.1) is 5.69 Å². The maximum atomic E-state index is 13.3. The van der Waals surface area contributed by atoms with Gasteiger partial charge in [-0.05, 0) is 42.8 Å². The second kappa shape index (κ2) is 7.27. The predicted molar refractivity (Wildman–Crippen MR) is 110 cm³/mol. The zero-order valence-corrected chi connectivity index (χ0v) is 15.8. The molecule has 3 heterocycles. The lowest BCUT2D eigenvalue weighted by molar-refractivity contribution is 0.210. The van der Waals surface area contributed by atoms with Crippen LogP contribution in [0.25, 0.3) is 5.69 Å². The molecule has 9 heteroatoms. The number of benzene rings is 1. The number of nitrogens with zero attached hydrogens (tertiary/aromatic N) is 4. The molecular weight excluding hydrogens is 372 g/mol. The lowest BCUT2D eigenvalue weighted by atomic mass is 10.1. The first-order valence-electron chi connectivity index (χ1n) is 9.10. The summed E-state index contributed by atoms with van der Waals surface area (Å²) < 4.78 is 1.56. The third kappa shape index (κ3) is 3.62. The van der Waals surface area contributed by atoms with Gasteiger partial charge in [0, 0.05) is 48.8 Å². The van der Waals surface area contributed by atoms with Crippen LogP contribution < -0.4 is 21.5 Å². The number of aryl methyl sites for hydroxylation is 1. The highest BCUT2D eigenvalue weighted by atomic mass is 16.4. The molecule has 29 heavy (non-hydrogen) atoms. The first-order valence-corrected chi connectivity index (χ1v) is 9.10. The van der Waals surface area contributed by atoms with Gasteiger partial charge in [0.15, 0.2) is 0 Å². The Morgan fingerprint density at radius 2 is 2.00 bits per heavy atom. The molecule has 0 fully saturated rings. The van der Waals surface area contributed by atoms with Crippen LogP contribution in [0.2, 0.25) is 0 Å². The molecule has 0 aliphatic carbocycles. The molecule has 0 bridgehead atoms. The topological polar surface area (TPSA) is 126 Å². The molecule has 3 aromatic rings.